The lowest BCUT2D eigenvalue weighted by Gasteiger charge is -2.60. The van der Waals surface area contributed by atoms with Crippen LogP contribution in [0.2, 0.25) is 0 Å². The first-order valence-corrected chi connectivity index (χ1v) is 10.2. The van der Waals surface area contributed by atoms with Crippen molar-refractivity contribution in [1.29, 1.82) is 0 Å². The minimum absolute atomic E-state index is 0.336. The quantitative estimate of drug-likeness (QED) is 0.497. The van der Waals surface area contributed by atoms with Crippen LogP contribution < -0.4 is 5.84 Å². The minimum Gasteiger partial charge on any atom is -0.323 e. The number of hydrogen-bond donors (Lipinski definition) is 1. The Morgan fingerprint density at radius 3 is 2.65 bits per heavy atom. The van der Waals surface area contributed by atoms with E-state index in [-0.39, 0.29) is 0 Å². The van der Waals surface area contributed by atoms with E-state index in [0.717, 1.165) is 35.0 Å². The Balaban J connectivity index is 1.52. The van der Waals surface area contributed by atoms with E-state index < -0.39 is 0 Å². The molecule has 0 bridgehead atoms. The minimum atomic E-state index is 0.336. The number of rotatable bonds is 0. The zero-order chi connectivity index (χ0) is 16.0. The van der Waals surface area contributed by atoms with Crippen molar-refractivity contribution in [3.63, 3.8) is 0 Å². The summed E-state index contributed by atoms with van der Waals surface area (Å²) in [6.07, 6.45) is 12.9. The lowest BCUT2D eigenvalue weighted by atomic mass is 9.44. The van der Waals surface area contributed by atoms with Crippen LogP contribution in [0, 0.1) is 45.8 Å². The summed E-state index contributed by atoms with van der Waals surface area (Å²) in [6, 6.07) is 0. The maximum absolute atomic E-state index is 5.76. The van der Waals surface area contributed by atoms with E-state index in [4.69, 9.17) is 5.84 Å². The van der Waals surface area contributed by atoms with E-state index in [0.29, 0.717) is 10.8 Å². The van der Waals surface area contributed by atoms with Crippen molar-refractivity contribution >= 4 is 5.71 Å². The molecule has 5 fully saturated rings. The van der Waals surface area contributed by atoms with Crippen LogP contribution in [0.3, 0.4) is 0 Å². The van der Waals surface area contributed by atoms with E-state index in [9.17, 15) is 0 Å². The van der Waals surface area contributed by atoms with Crippen LogP contribution in [-0.4, -0.2) is 5.71 Å². The molecule has 0 aromatic rings. The zero-order valence-electron chi connectivity index (χ0n) is 15.3. The summed E-state index contributed by atoms with van der Waals surface area (Å²) in [6.45, 7) is 7.71. The first kappa shape index (κ1) is 14.8. The zero-order valence-corrected chi connectivity index (χ0v) is 15.3. The van der Waals surface area contributed by atoms with Crippen LogP contribution in [0.15, 0.2) is 5.10 Å². The second-order valence-corrected chi connectivity index (χ2v) is 10.5. The molecule has 0 aromatic heterocycles. The van der Waals surface area contributed by atoms with Crippen LogP contribution in [0.25, 0.3) is 0 Å². The molecule has 2 nitrogen and oxygen atoms in total. The monoisotopic (exact) mass is 314 g/mol. The molecule has 0 aliphatic heterocycles. The largest absolute Gasteiger partial charge is 0.323 e. The third-order valence-corrected chi connectivity index (χ3v) is 9.95. The van der Waals surface area contributed by atoms with Gasteiger partial charge >= 0.3 is 0 Å². The summed E-state index contributed by atoms with van der Waals surface area (Å²) < 4.78 is 0. The molecule has 5 aliphatic carbocycles. The van der Waals surface area contributed by atoms with Crippen molar-refractivity contribution in [2.75, 3.05) is 0 Å². The molecule has 0 amide bonds. The van der Waals surface area contributed by atoms with E-state index >= 15 is 0 Å². The standard InChI is InChI=1S/C21H34N2/c1-13-6-9-20(3)17-7-8-19(2)16(4-5-18(19)23-22)15(17)10-14-12-21(14,20)11-13/h13-17H,4-12,22H2,1-3H3/b23-18+/t13-,14?,15-,16-,17-,19-,20+,21?/m0/s1. The van der Waals surface area contributed by atoms with Gasteiger partial charge in [-0.05, 0) is 91.8 Å². The van der Waals surface area contributed by atoms with Crippen LogP contribution in [0.4, 0.5) is 0 Å². The molecule has 1 spiro atoms. The topological polar surface area (TPSA) is 38.4 Å². The fourth-order valence-electron chi connectivity index (χ4n) is 8.68. The summed E-state index contributed by atoms with van der Waals surface area (Å²) in [4.78, 5) is 0. The fourth-order valence-corrected chi connectivity index (χ4v) is 8.68. The second kappa shape index (κ2) is 4.35. The third kappa shape index (κ3) is 1.59. The van der Waals surface area contributed by atoms with Crippen molar-refractivity contribution in [2.45, 2.75) is 78.6 Å². The van der Waals surface area contributed by atoms with E-state index in [1.165, 1.54) is 57.1 Å². The van der Waals surface area contributed by atoms with Gasteiger partial charge in [-0.25, -0.2) is 0 Å². The summed E-state index contributed by atoms with van der Waals surface area (Å²) >= 11 is 0. The van der Waals surface area contributed by atoms with Crippen LogP contribution in [0.5, 0.6) is 0 Å². The Bertz CT molecular complexity index is 568. The fraction of sp³-hybridized carbons (Fsp3) is 0.952. The molecule has 5 aliphatic rings. The van der Waals surface area contributed by atoms with E-state index in [1.54, 1.807) is 6.42 Å². The molecule has 0 heterocycles. The van der Waals surface area contributed by atoms with Gasteiger partial charge in [-0.2, -0.15) is 5.10 Å². The molecular formula is C21H34N2. The highest BCUT2D eigenvalue weighted by Crippen LogP contribution is 2.80. The molecule has 0 aromatic carbocycles. The Labute approximate surface area is 141 Å². The van der Waals surface area contributed by atoms with Gasteiger partial charge < -0.3 is 5.84 Å². The Hall–Kier alpha value is -0.530. The number of fused-ring (bicyclic) bond motifs is 4. The average molecular weight is 315 g/mol. The summed E-state index contributed by atoms with van der Waals surface area (Å²) in [5, 5.41) is 4.23. The van der Waals surface area contributed by atoms with Crippen molar-refractivity contribution in [2.24, 2.45) is 56.8 Å². The second-order valence-electron chi connectivity index (χ2n) is 10.5. The van der Waals surface area contributed by atoms with Gasteiger partial charge in [0.05, 0.1) is 0 Å². The van der Waals surface area contributed by atoms with Crippen molar-refractivity contribution in [1.82, 2.24) is 0 Å². The molecular weight excluding hydrogens is 280 g/mol. The molecule has 2 unspecified atom stereocenters. The number of hydrazone groups is 1. The Morgan fingerprint density at radius 1 is 1.04 bits per heavy atom. The van der Waals surface area contributed by atoms with Gasteiger partial charge in [0.2, 0.25) is 0 Å². The molecule has 0 saturated heterocycles. The van der Waals surface area contributed by atoms with E-state index in [1.807, 2.05) is 0 Å². The maximum atomic E-state index is 5.76. The van der Waals surface area contributed by atoms with Gasteiger partial charge in [-0.1, -0.05) is 27.2 Å². The van der Waals surface area contributed by atoms with Crippen LogP contribution >= 0.6 is 0 Å². The predicted octanol–water partition coefficient (Wildman–Crippen LogP) is 4.98. The molecule has 0 radical (unpaired) electrons. The van der Waals surface area contributed by atoms with Gasteiger partial charge in [-0.15, -0.1) is 0 Å². The molecule has 5 rings (SSSR count). The number of nitrogens with zero attached hydrogens (tertiary/aromatic N) is 1. The van der Waals surface area contributed by atoms with Gasteiger partial charge in [0.15, 0.2) is 0 Å². The normalized spacial score (nSPS) is 62.2. The van der Waals surface area contributed by atoms with Crippen molar-refractivity contribution in [3.8, 4) is 0 Å². The lowest BCUT2D eigenvalue weighted by Crippen LogP contribution is -2.54. The predicted molar refractivity (Wildman–Crippen MR) is 94.9 cm³/mol. The average Bonchev–Trinajstić information content (AvgIpc) is 3.09. The smallest absolute Gasteiger partial charge is 0.0437 e. The van der Waals surface area contributed by atoms with Gasteiger partial charge in [0.1, 0.15) is 0 Å². The molecule has 5 saturated carbocycles. The van der Waals surface area contributed by atoms with E-state index in [2.05, 4.69) is 25.9 Å². The maximum Gasteiger partial charge on any atom is 0.0437 e. The number of nitrogens with two attached hydrogens (primary N) is 1. The molecule has 8 atom stereocenters. The third-order valence-electron chi connectivity index (χ3n) is 9.95. The summed E-state index contributed by atoms with van der Waals surface area (Å²) in [5.41, 5.74) is 3.08. The first-order valence-electron chi connectivity index (χ1n) is 10.2. The first-order chi connectivity index (χ1) is 10.9. The van der Waals surface area contributed by atoms with Gasteiger partial charge in [-0.3, -0.25) is 0 Å². The lowest BCUT2D eigenvalue weighted by molar-refractivity contribution is -0.111. The van der Waals surface area contributed by atoms with Crippen molar-refractivity contribution < 1.29 is 0 Å². The highest BCUT2D eigenvalue weighted by atomic mass is 15.1. The van der Waals surface area contributed by atoms with Crippen molar-refractivity contribution in [3.05, 3.63) is 0 Å². The highest BCUT2D eigenvalue weighted by molar-refractivity contribution is 5.92. The molecule has 23 heavy (non-hydrogen) atoms. The summed E-state index contributed by atoms with van der Waals surface area (Å²) in [7, 11) is 0. The Kier molecular flexibility index (Phi) is 2.80. The molecule has 128 valence electrons. The highest BCUT2D eigenvalue weighted by Gasteiger charge is 2.73. The Morgan fingerprint density at radius 2 is 1.87 bits per heavy atom. The molecule has 2 N–H and O–H groups in total. The number of hydrogen-bond acceptors (Lipinski definition) is 2. The SMILES string of the molecule is C[C@H]1CC[C@]2(C)[C@H]3CC[C@]4(C)/C(=N/N)CC[C@H]4[C@@H]3CC3CC32C1. The summed E-state index contributed by atoms with van der Waals surface area (Å²) in [5.74, 6) is 10.6. The molecule has 2 heteroatoms. The van der Waals surface area contributed by atoms with Crippen LogP contribution in [-0.2, 0) is 0 Å². The van der Waals surface area contributed by atoms with Gasteiger partial charge in [0, 0.05) is 11.1 Å². The van der Waals surface area contributed by atoms with Crippen LogP contribution in [0.1, 0.15) is 78.6 Å². The van der Waals surface area contributed by atoms with Gasteiger partial charge in [0.25, 0.3) is 0 Å².